The van der Waals surface area contributed by atoms with Crippen molar-refractivity contribution in [3.63, 3.8) is 0 Å². The number of likely N-dealkylation sites (tertiary alicyclic amines) is 1. The molecule has 2 nitrogen and oxygen atoms in total. The van der Waals surface area contributed by atoms with Crippen molar-refractivity contribution in [3.8, 4) is 0 Å². The summed E-state index contributed by atoms with van der Waals surface area (Å²) in [6, 6.07) is 0.139. The zero-order valence-electron chi connectivity index (χ0n) is 8.18. The summed E-state index contributed by atoms with van der Waals surface area (Å²) in [5.41, 5.74) is 4.47. The van der Waals surface area contributed by atoms with E-state index in [4.69, 9.17) is 5.73 Å². The zero-order valence-corrected chi connectivity index (χ0v) is 8.18. The molecule has 1 rings (SSSR count). The molecule has 0 aromatic heterocycles. The molecule has 0 aromatic rings. The highest BCUT2D eigenvalue weighted by atomic mass is 19.1. The van der Waals surface area contributed by atoms with Gasteiger partial charge in [0.25, 0.3) is 0 Å². The minimum absolute atomic E-state index is 0.285. The Morgan fingerprint density at radius 2 is 2.17 bits per heavy atom. The molecule has 1 aliphatic heterocycles. The first kappa shape index (κ1) is 9.93. The second-order valence-electron chi connectivity index (χ2n) is 4.24. The molecule has 0 amide bonds. The van der Waals surface area contributed by atoms with Crippen molar-refractivity contribution in [1.82, 2.24) is 4.90 Å². The fourth-order valence-electron chi connectivity index (χ4n) is 1.64. The van der Waals surface area contributed by atoms with E-state index in [2.05, 4.69) is 18.7 Å². The molecule has 2 unspecified atom stereocenters. The molecule has 0 bridgehead atoms. The fraction of sp³-hybridized carbons (Fsp3) is 1.00. The number of alkyl halides is 1. The predicted molar refractivity (Wildman–Crippen MR) is 48.8 cm³/mol. The van der Waals surface area contributed by atoms with Gasteiger partial charge in [-0.25, -0.2) is 4.39 Å². The summed E-state index contributed by atoms with van der Waals surface area (Å²) in [5.74, 6) is 0. The maximum absolute atomic E-state index is 13.7. The van der Waals surface area contributed by atoms with E-state index in [1.54, 1.807) is 6.92 Å². The van der Waals surface area contributed by atoms with Gasteiger partial charge in [-0.1, -0.05) is 0 Å². The lowest BCUT2D eigenvalue weighted by Gasteiger charge is -2.41. The molecular formula is C9H19FN2. The second-order valence-corrected chi connectivity index (χ2v) is 4.24. The summed E-state index contributed by atoms with van der Waals surface area (Å²) in [5, 5.41) is 0. The summed E-state index contributed by atoms with van der Waals surface area (Å²) in [6.07, 6.45) is 0.769. The van der Waals surface area contributed by atoms with E-state index in [9.17, 15) is 4.39 Å². The van der Waals surface area contributed by atoms with Crippen LogP contribution in [-0.4, -0.2) is 35.7 Å². The molecule has 0 saturated carbocycles. The van der Waals surface area contributed by atoms with Crippen molar-refractivity contribution in [3.05, 3.63) is 0 Å². The lowest BCUT2D eigenvalue weighted by Crippen LogP contribution is -2.57. The number of rotatable bonds is 1. The Bertz CT molecular complexity index is 157. The average Bonchev–Trinajstić information content (AvgIpc) is 1.94. The standard InChI is InChI=1S/C9H19FN2/c1-7(2)12-5-4-8(11)9(3,10)6-12/h7-8H,4-6,11H2,1-3H3. The van der Waals surface area contributed by atoms with Crippen LogP contribution in [0.15, 0.2) is 0 Å². The van der Waals surface area contributed by atoms with Gasteiger partial charge in [0.1, 0.15) is 5.67 Å². The number of hydrogen-bond acceptors (Lipinski definition) is 2. The molecule has 2 atom stereocenters. The van der Waals surface area contributed by atoms with Crippen LogP contribution in [0.4, 0.5) is 4.39 Å². The third kappa shape index (κ3) is 1.96. The van der Waals surface area contributed by atoms with Crippen molar-refractivity contribution in [2.75, 3.05) is 13.1 Å². The van der Waals surface area contributed by atoms with Gasteiger partial charge < -0.3 is 5.73 Å². The Kier molecular flexibility index (Phi) is 2.74. The second kappa shape index (κ2) is 3.30. The van der Waals surface area contributed by atoms with Gasteiger partial charge in [-0.05, 0) is 27.2 Å². The quantitative estimate of drug-likeness (QED) is 0.646. The SMILES string of the molecule is CC(C)N1CCC(N)C(C)(F)C1. The maximum atomic E-state index is 13.7. The van der Waals surface area contributed by atoms with Gasteiger partial charge in [0.05, 0.1) is 0 Å². The first-order valence-corrected chi connectivity index (χ1v) is 4.62. The van der Waals surface area contributed by atoms with E-state index < -0.39 is 5.67 Å². The first-order chi connectivity index (χ1) is 5.43. The summed E-state index contributed by atoms with van der Waals surface area (Å²) < 4.78 is 13.7. The molecule has 2 N–H and O–H groups in total. The van der Waals surface area contributed by atoms with Crippen molar-refractivity contribution in [2.45, 2.75) is 44.9 Å². The molecule has 0 aliphatic carbocycles. The summed E-state index contributed by atoms with van der Waals surface area (Å²) in [4.78, 5) is 2.14. The number of hydrogen-bond donors (Lipinski definition) is 1. The normalized spacial score (nSPS) is 39.0. The van der Waals surface area contributed by atoms with Gasteiger partial charge in [-0.3, -0.25) is 4.90 Å². The molecule has 1 heterocycles. The summed E-state index contributed by atoms with van der Waals surface area (Å²) in [6.45, 7) is 7.19. The minimum Gasteiger partial charge on any atom is -0.325 e. The topological polar surface area (TPSA) is 29.3 Å². The molecule has 0 aromatic carbocycles. The molecule has 1 saturated heterocycles. The Morgan fingerprint density at radius 3 is 2.58 bits per heavy atom. The maximum Gasteiger partial charge on any atom is 0.135 e. The van der Waals surface area contributed by atoms with Crippen LogP contribution in [0.25, 0.3) is 0 Å². The van der Waals surface area contributed by atoms with Crippen LogP contribution in [-0.2, 0) is 0 Å². The highest BCUT2D eigenvalue weighted by Gasteiger charge is 2.38. The van der Waals surface area contributed by atoms with Crippen LogP contribution in [0.2, 0.25) is 0 Å². The third-order valence-corrected chi connectivity index (χ3v) is 2.74. The van der Waals surface area contributed by atoms with E-state index in [1.807, 2.05) is 0 Å². The molecule has 1 aliphatic rings. The Morgan fingerprint density at radius 1 is 1.58 bits per heavy atom. The molecule has 72 valence electrons. The van der Waals surface area contributed by atoms with Crippen molar-refractivity contribution >= 4 is 0 Å². The minimum atomic E-state index is -1.21. The number of halogens is 1. The molecule has 1 fully saturated rings. The number of nitrogens with two attached hydrogens (primary N) is 1. The van der Waals surface area contributed by atoms with Crippen LogP contribution in [0.1, 0.15) is 27.2 Å². The molecule has 12 heavy (non-hydrogen) atoms. The highest BCUT2D eigenvalue weighted by Crippen LogP contribution is 2.24. The average molecular weight is 174 g/mol. The van der Waals surface area contributed by atoms with E-state index >= 15 is 0 Å². The first-order valence-electron chi connectivity index (χ1n) is 4.62. The van der Waals surface area contributed by atoms with E-state index in [-0.39, 0.29) is 6.04 Å². The van der Waals surface area contributed by atoms with E-state index in [1.165, 1.54) is 0 Å². The predicted octanol–water partition coefficient (Wildman–Crippen LogP) is 1.16. The smallest absolute Gasteiger partial charge is 0.135 e. The van der Waals surface area contributed by atoms with Gasteiger partial charge in [-0.2, -0.15) is 0 Å². The van der Waals surface area contributed by atoms with Gasteiger partial charge in [0.2, 0.25) is 0 Å². The summed E-state index contributed by atoms with van der Waals surface area (Å²) in [7, 11) is 0. The van der Waals surface area contributed by atoms with Crippen LogP contribution in [0, 0.1) is 0 Å². The van der Waals surface area contributed by atoms with E-state index in [0.29, 0.717) is 12.6 Å². The third-order valence-electron chi connectivity index (χ3n) is 2.74. The van der Waals surface area contributed by atoms with Crippen LogP contribution >= 0.6 is 0 Å². The van der Waals surface area contributed by atoms with Gasteiger partial charge in [0.15, 0.2) is 0 Å². The van der Waals surface area contributed by atoms with Crippen molar-refractivity contribution in [2.24, 2.45) is 5.73 Å². The number of nitrogens with zero attached hydrogens (tertiary/aromatic N) is 1. The monoisotopic (exact) mass is 174 g/mol. The van der Waals surface area contributed by atoms with Crippen molar-refractivity contribution in [1.29, 1.82) is 0 Å². The van der Waals surface area contributed by atoms with Gasteiger partial charge in [-0.15, -0.1) is 0 Å². The van der Waals surface area contributed by atoms with Gasteiger partial charge in [0, 0.05) is 25.2 Å². The Labute approximate surface area is 73.9 Å². The van der Waals surface area contributed by atoms with Crippen molar-refractivity contribution < 1.29 is 4.39 Å². The van der Waals surface area contributed by atoms with Crippen LogP contribution in [0.3, 0.4) is 0 Å². The van der Waals surface area contributed by atoms with Crippen LogP contribution in [0.5, 0.6) is 0 Å². The molecule has 0 spiro atoms. The lowest BCUT2D eigenvalue weighted by molar-refractivity contribution is 0.0259. The Balaban J connectivity index is 2.57. The molecule has 0 radical (unpaired) electrons. The van der Waals surface area contributed by atoms with Crippen LogP contribution < -0.4 is 5.73 Å². The lowest BCUT2D eigenvalue weighted by atomic mass is 9.91. The van der Waals surface area contributed by atoms with E-state index in [0.717, 1.165) is 13.0 Å². The van der Waals surface area contributed by atoms with Gasteiger partial charge >= 0.3 is 0 Å². The fourth-order valence-corrected chi connectivity index (χ4v) is 1.64. The molecule has 3 heteroatoms. The largest absolute Gasteiger partial charge is 0.325 e. The molecular weight excluding hydrogens is 155 g/mol. The summed E-state index contributed by atoms with van der Waals surface area (Å²) >= 11 is 0. The highest BCUT2D eigenvalue weighted by molar-refractivity contribution is 4.94. The zero-order chi connectivity index (χ0) is 9.35. The number of piperidine rings is 1. The Hall–Kier alpha value is -0.150.